The van der Waals surface area contributed by atoms with Gasteiger partial charge in [0.25, 0.3) is 0 Å². The molecule has 3 aromatic rings. The van der Waals surface area contributed by atoms with Gasteiger partial charge in [-0.25, -0.2) is 17.9 Å². The van der Waals surface area contributed by atoms with Crippen LogP contribution >= 0.6 is 0 Å². The third kappa shape index (κ3) is 5.12. The number of nitrogens with zero attached hydrogens (tertiary/aromatic N) is 3. The van der Waals surface area contributed by atoms with Gasteiger partial charge in [0.05, 0.1) is 11.4 Å². The van der Waals surface area contributed by atoms with Crippen LogP contribution in [0, 0.1) is 5.82 Å². The normalized spacial score (nSPS) is 12.5. The number of benzene rings is 2. The van der Waals surface area contributed by atoms with E-state index in [1.54, 1.807) is 19.0 Å². The number of alkyl halides is 3. The van der Waals surface area contributed by atoms with Gasteiger partial charge in [0.1, 0.15) is 11.5 Å². The number of rotatable bonds is 6. The summed E-state index contributed by atoms with van der Waals surface area (Å²) >= 11 is 0. The monoisotopic (exact) mass is 456 g/mol. The van der Waals surface area contributed by atoms with Gasteiger partial charge < -0.3 is 4.90 Å². The van der Waals surface area contributed by atoms with E-state index in [0.717, 1.165) is 16.8 Å². The highest BCUT2D eigenvalue weighted by Gasteiger charge is 2.40. The van der Waals surface area contributed by atoms with Gasteiger partial charge in [0.15, 0.2) is 5.69 Å². The van der Waals surface area contributed by atoms with E-state index in [4.69, 9.17) is 5.14 Å². The molecule has 1 heterocycles. The summed E-state index contributed by atoms with van der Waals surface area (Å²) in [4.78, 5) is 1.54. The lowest BCUT2D eigenvalue weighted by atomic mass is 9.98. The fourth-order valence-corrected chi connectivity index (χ4v) is 3.62. The highest BCUT2D eigenvalue weighted by molar-refractivity contribution is 7.89. The van der Waals surface area contributed by atoms with E-state index >= 15 is 0 Å². The largest absolute Gasteiger partial charge is 0.433 e. The van der Waals surface area contributed by atoms with Crippen LogP contribution < -0.4 is 5.14 Å². The molecule has 0 fully saturated rings. The van der Waals surface area contributed by atoms with Crippen molar-refractivity contribution in [2.75, 3.05) is 20.6 Å². The zero-order chi connectivity index (χ0) is 23.0. The number of halogens is 4. The average Bonchev–Trinajstić information content (AvgIpc) is 3.06. The molecule has 0 atom stereocenters. The zero-order valence-electron chi connectivity index (χ0n) is 16.7. The molecule has 2 N–H and O–H groups in total. The fraction of sp³-hybridized carbons (Fsp3) is 0.250. The number of nitrogens with two attached hydrogens (primary N) is 1. The van der Waals surface area contributed by atoms with Crippen LogP contribution in [-0.2, 0) is 22.7 Å². The Morgan fingerprint density at radius 1 is 1.00 bits per heavy atom. The van der Waals surface area contributed by atoms with Crippen molar-refractivity contribution in [3.8, 4) is 22.4 Å². The fourth-order valence-electron chi connectivity index (χ4n) is 3.10. The smallest absolute Gasteiger partial charge is 0.308 e. The molecule has 3 rings (SSSR count). The minimum absolute atomic E-state index is 0.00124. The number of likely N-dealkylation sites (N-methyl/N-ethyl adjacent to an activating group) is 1. The van der Waals surface area contributed by atoms with Crippen LogP contribution in [0.15, 0.2) is 53.4 Å². The number of hydrogen-bond donors (Lipinski definition) is 1. The molecule has 0 bridgehead atoms. The molecule has 0 saturated carbocycles. The molecule has 6 nitrogen and oxygen atoms in total. The van der Waals surface area contributed by atoms with Gasteiger partial charge in [-0.2, -0.15) is 18.3 Å². The van der Waals surface area contributed by atoms with Crippen LogP contribution in [-0.4, -0.2) is 43.7 Å². The molecular weight excluding hydrogens is 436 g/mol. The Balaban J connectivity index is 2.27. The lowest BCUT2D eigenvalue weighted by Crippen LogP contribution is -2.23. The standard InChI is InChI=1S/C20H20F4N4O2S/c1-27(2)11-12-28-19(20(22,23)24)17(13-3-7-15(21)8-4-13)18(26-28)14-5-9-16(10-6-14)31(25,29)30/h3-10H,11-12H2,1-2H3,(H2,25,29,30). The average molecular weight is 456 g/mol. The maximum absolute atomic E-state index is 14.1. The highest BCUT2D eigenvalue weighted by atomic mass is 32.2. The molecule has 31 heavy (non-hydrogen) atoms. The van der Waals surface area contributed by atoms with E-state index in [1.807, 2.05) is 0 Å². The number of hydrogen-bond acceptors (Lipinski definition) is 4. The lowest BCUT2D eigenvalue weighted by molar-refractivity contribution is -0.143. The predicted molar refractivity (Wildman–Crippen MR) is 108 cm³/mol. The third-order valence-electron chi connectivity index (χ3n) is 4.57. The lowest BCUT2D eigenvalue weighted by Gasteiger charge is -2.15. The van der Waals surface area contributed by atoms with Crippen molar-refractivity contribution in [1.29, 1.82) is 0 Å². The first-order chi connectivity index (χ1) is 14.4. The summed E-state index contributed by atoms with van der Waals surface area (Å²) in [7, 11) is -0.513. The molecule has 0 amide bonds. The summed E-state index contributed by atoms with van der Waals surface area (Å²) in [6.07, 6.45) is -4.73. The SMILES string of the molecule is CN(C)CCn1nc(-c2ccc(S(N)(=O)=O)cc2)c(-c2ccc(F)cc2)c1C(F)(F)F. The molecule has 0 unspecified atom stereocenters. The summed E-state index contributed by atoms with van der Waals surface area (Å²) in [5.41, 5.74) is -0.782. The molecule has 0 aliphatic heterocycles. The van der Waals surface area contributed by atoms with E-state index in [2.05, 4.69) is 5.10 Å². The van der Waals surface area contributed by atoms with Gasteiger partial charge in [0, 0.05) is 17.7 Å². The predicted octanol–water partition coefficient (Wildman–Crippen LogP) is 3.58. The van der Waals surface area contributed by atoms with Crippen molar-refractivity contribution in [1.82, 2.24) is 14.7 Å². The van der Waals surface area contributed by atoms with E-state index < -0.39 is 27.7 Å². The summed E-state index contributed by atoms with van der Waals surface area (Å²) in [5.74, 6) is -0.587. The summed E-state index contributed by atoms with van der Waals surface area (Å²) in [5, 5.41) is 9.30. The van der Waals surface area contributed by atoms with Gasteiger partial charge in [-0.1, -0.05) is 24.3 Å². The first-order valence-corrected chi connectivity index (χ1v) is 10.6. The first-order valence-electron chi connectivity index (χ1n) is 9.10. The van der Waals surface area contributed by atoms with Gasteiger partial charge in [-0.05, 0) is 43.9 Å². The van der Waals surface area contributed by atoms with Crippen molar-refractivity contribution < 1.29 is 26.0 Å². The molecule has 0 aliphatic rings. The summed E-state index contributed by atoms with van der Waals surface area (Å²) in [6, 6.07) is 9.72. The third-order valence-corrected chi connectivity index (χ3v) is 5.50. The van der Waals surface area contributed by atoms with Gasteiger partial charge in [-0.3, -0.25) is 4.68 Å². The number of primary sulfonamides is 1. The van der Waals surface area contributed by atoms with Gasteiger partial charge in [-0.15, -0.1) is 0 Å². The van der Waals surface area contributed by atoms with Crippen molar-refractivity contribution in [2.24, 2.45) is 5.14 Å². The molecule has 11 heteroatoms. The molecular formula is C20H20F4N4O2S. The Labute approximate surface area is 177 Å². The van der Waals surface area contributed by atoms with E-state index in [0.29, 0.717) is 6.54 Å². The summed E-state index contributed by atoms with van der Waals surface area (Å²) in [6.45, 7) is 0.267. The topological polar surface area (TPSA) is 81.2 Å². The minimum Gasteiger partial charge on any atom is -0.308 e. The molecule has 166 valence electrons. The second-order valence-electron chi connectivity index (χ2n) is 7.17. The second kappa shape index (κ2) is 8.40. The zero-order valence-corrected chi connectivity index (χ0v) is 17.5. The van der Waals surface area contributed by atoms with E-state index in [1.165, 1.54) is 36.4 Å². The molecule has 2 aromatic carbocycles. The van der Waals surface area contributed by atoms with Crippen molar-refractivity contribution in [3.05, 3.63) is 60.0 Å². The quantitative estimate of drug-likeness (QED) is 0.575. The Kier molecular flexibility index (Phi) is 6.21. The van der Waals surface area contributed by atoms with Crippen LogP contribution in [0.1, 0.15) is 5.69 Å². The maximum Gasteiger partial charge on any atom is 0.433 e. The molecule has 0 aliphatic carbocycles. The molecule has 0 spiro atoms. The second-order valence-corrected chi connectivity index (χ2v) is 8.73. The maximum atomic E-state index is 14.1. The summed E-state index contributed by atoms with van der Waals surface area (Å²) < 4.78 is 79.6. The van der Waals surface area contributed by atoms with Crippen molar-refractivity contribution in [3.63, 3.8) is 0 Å². The molecule has 1 aromatic heterocycles. The van der Waals surface area contributed by atoms with Crippen molar-refractivity contribution >= 4 is 10.0 Å². The number of sulfonamides is 1. The Hall–Kier alpha value is -2.76. The van der Waals surface area contributed by atoms with E-state index in [9.17, 15) is 26.0 Å². The number of aromatic nitrogens is 2. The Bertz CT molecular complexity index is 1170. The van der Waals surface area contributed by atoms with Crippen LogP contribution in [0.4, 0.5) is 17.6 Å². The Morgan fingerprint density at radius 2 is 1.55 bits per heavy atom. The highest BCUT2D eigenvalue weighted by Crippen LogP contribution is 2.42. The van der Waals surface area contributed by atoms with Crippen LogP contribution in [0.2, 0.25) is 0 Å². The van der Waals surface area contributed by atoms with Crippen LogP contribution in [0.3, 0.4) is 0 Å². The van der Waals surface area contributed by atoms with Crippen LogP contribution in [0.25, 0.3) is 22.4 Å². The van der Waals surface area contributed by atoms with Crippen LogP contribution in [0.5, 0.6) is 0 Å². The van der Waals surface area contributed by atoms with Gasteiger partial charge >= 0.3 is 6.18 Å². The Morgan fingerprint density at radius 3 is 2.03 bits per heavy atom. The first kappa shape index (κ1) is 22.9. The molecule has 0 saturated heterocycles. The van der Waals surface area contributed by atoms with Gasteiger partial charge in [0.2, 0.25) is 10.0 Å². The minimum atomic E-state index is -4.73. The molecule has 0 radical (unpaired) electrons. The van der Waals surface area contributed by atoms with Crippen molar-refractivity contribution in [2.45, 2.75) is 17.6 Å². The van der Waals surface area contributed by atoms with E-state index in [-0.39, 0.29) is 33.8 Å².